The molecule has 0 bridgehead atoms. The Hall–Kier alpha value is 0.0969. The van der Waals surface area contributed by atoms with Crippen LogP contribution in [-0.4, -0.2) is 31.9 Å². The summed E-state index contributed by atoms with van der Waals surface area (Å²) in [5, 5.41) is 9.56. The lowest BCUT2D eigenvalue weighted by Crippen LogP contribution is -2.53. The molecule has 0 amide bonds. The van der Waals surface area contributed by atoms with Crippen molar-refractivity contribution < 1.29 is 14.3 Å². The maximum atomic E-state index is 9.56. The van der Waals surface area contributed by atoms with E-state index in [0.717, 1.165) is 6.42 Å². The van der Waals surface area contributed by atoms with E-state index in [1.807, 2.05) is 6.92 Å². The van der Waals surface area contributed by atoms with Crippen LogP contribution in [0.5, 0.6) is 0 Å². The van der Waals surface area contributed by atoms with E-state index in [9.17, 15) is 5.11 Å². The predicted octanol–water partition coefficient (Wildman–Crippen LogP) is 4.06. The molecule has 1 saturated heterocycles. The molecule has 0 aliphatic carbocycles. The monoisotopic (exact) mass is 288 g/mol. The van der Waals surface area contributed by atoms with Gasteiger partial charge in [0.05, 0.1) is 12.2 Å². The zero-order valence-corrected chi connectivity index (χ0v) is 14.6. The van der Waals surface area contributed by atoms with Crippen molar-refractivity contribution >= 4 is 8.32 Å². The Balaban J connectivity index is 2.89. The van der Waals surface area contributed by atoms with Crippen molar-refractivity contribution in [2.75, 3.05) is 0 Å². The number of aliphatic hydroxyl groups is 1. The van der Waals surface area contributed by atoms with Crippen LogP contribution < -0.4 is 0 Å². The van der Waals surface area contributed by atoms with Crippen LogP contribution in [0.15, 0.2) is 0 Å². The van der Waals surface area contributed by atoms with Crippen molar-refractivity contribution in [2.24, 2.45) is 0 Å². The molecule has 3 atom stereocenters. The summed E-state index contributed by atoms with van der Waals surface area (Å²) in [6, 6.07) is 0. The molecule has 1 fully saturated rings. The fraction of sp³-hybridized carbons (Fsp3) is 1.00. The molecule has 1 N–H and O–H groups in total. The first-order chi connectivity index (χ1) is 8.71. The fourth-order valence-electron chi connectivity index (χ4n) is 3.77. The SMILES string of the molecule is CC(C)[Si](O[C@H]1CC[C@H](O)O[C@@H]1C)(C(C)C)C(C)C. The van der Waals surface area contributed by atoms with Crippen LogP contribution in [0, 0.1) is 0 Å². The summed E-state index contributed by atoms with van der Waals surface area (Å²) in [5.41, 5.74) is 1.77. The molecule has 0 unspecified atom stereocenters. The predicted molar refractivity (Wildman–Crippen MR) is 81.7 cm³/mol. The molecule has 0 saturated carbocycles. The molecule has 0 aromatic rings. The Kier molecular flexibility index (Phi) is 6.05. The van der Waals surface area contributed by atoms with Crippen LogP contribution in [0.1, 0.15) is 61.3 Å². The average Bonchev–Trinajstić information content (AvgIpc) is 2.26. The van der Waals surface area contributed by atoms with Gasteiger partial charge in [0, 0.05) is 6.42 Å². The van der Waals surface area contributed by atoms with Gasteiger partial charge in [-0.2, -0.15) is 0 Å². The molecule has 114 valence electrons. The van der Waals surface area contributed by atoms with Gasteiger partial charge in [0.25, 0.3) is 0 Å². The lowest BCUT2D eigenvalue weighted by Gasteiger charge is -2.47. The highest BCUT2D eigenvalue weighted by molar-refractivity contribution is 6.77. The van der Waals surface area contributed by atoms with Crippen LogP contribution in [0.25, 0.3) is 0 Å². The van der Waals surface area contributed by atoms with Gasteiger partial charge in [-0.3, -0.25) is 0 Å². The van der Waals surface area contributed by atoms with Gasteiger partial charge < -0.3 is 14.3 Å². The number of ether oxygens (including phenoxy) is 1. The van der Waals surface area contributed by atoms with E-state index in [1.165, 1.54) is 0 Å². The fourth-order valence-corrected chi connectivity index (χ4v) is 9.42. The molecule has 0 aromatic heterocycles. The molecule has 0 aromatic carbocycles. The molecule has 1 aliphatic heterocycles. The number of aliphatic hydroxyl groups excluding tert-OH is 1. The largest absolute Gasteiger partial charge is 0.411 e. The second kappa shape index (κ2) is 6.70. The number of rotatable bonds is 5. The van der Waals surface area contributed by atoms with E-state index in [-0.39, 0.29) is 12.2 Å². The molecule has 0 radical (unpaired) electrons. The lowest BCUT2D eigenvalue weighted by molar-refractivity contribution is -0.189. The van der Waals surface area contributed by atoms with Crippen molar-refractivity contribution in [2.45, 2.75) is 96.4 Å². The molecule has 1 aliphatic rings. The van der Waals surface area contributed by atoms with E-state index in [1.54, 1.807) is 0 Å². The van der Waals surface area contributed by atoms with Crippen molar-refractivity contribution in [3.8, 4) is 0 Å². The van der Waals surface area contributed by atoms with Gasteiger partial charge in [0.1, 0.15) is 0 Å². The van der Waals surface area contributed by atoms with Crippen molar-refractivity contribution in [1.29, 1.82) is 0 Å². The molecule has 1 heterocycles. The Labute approximate surface area is 119 Å². The zero-order chi connectivity index (χ0) is 14.8. The minimum atomic E-state index is -1.84. The van der Waals surface area contributed by atoms with Crippen LogP contribution in [0.4, 0.5) is 0 Å². The van der Waals surface area contributed by atoms with Crippen LogP contribution in [0.3, 0.4) is 0 Å². The molecule has 0 spiro atoms. The first-order valence-corrected chi connectivity index (χ1v) is 9.87. The average molecular weight is 289 g/mol. The summed E-state index contributed by atoms with van der Waals surface area (Å²) in [7, 11) is -1.84. The smallest absolute Gasteiger partial charge is 0.200 e. The summed E-state index contributed by atoms with van der Waals surface area (Å²) >= 11 is 0. The minimum absolute atomic E-state index is 0.00752. The third-order valence-corrected chi connectivity index (χ3v) is 10.8. The van der Waals surface area contributed by atoms with Gasteiger partial charge >= 0.3 is 0 Å². The zero-order valence-electron chi connectivity index (χ0n) is 13.6. The Morgan fingerprint density at radius 3 is 1.84 bits per heavy atom. The first-order valence-electron chi connectivity index (χ1n) is 7.73. The van der Waals surface area contributed by atoms with Gasteiger partial charge in [-0.1, -0.05) is 41.5 Å². The van der Waals surface area contributed by atoms with E-state index in [4.69, 9.17) is 9.16 Å². The Bertz CT molecular complexity index is 257. The van der Waals surface area contributed by atoms with Crippen molar-refractivity contribution in [1.82, 2.24) is 0 Å². The number of hydrogen-bond acceptors (Lipinski definition) is 3. The summed E-state index contributed by atoms with van der Waals surface area (Å²) in [5.74, 6) is 0. The summed E-state index contributed by atoms with van der Waals surface area (Å²) in [6.45, 7) is 15.8. The van der Waals surface area contributed by atoms with Gasteiger partial charge in [-0.15, -0.1) is 0 Å². The summed E-state index contributed by atoms with van der Waals surface area (Å²) < 4.78 is 12.3. The third-order valence-electron chi connectivity index (χ3n) is 4.66. The molecule has 3 nitrogen and oxygen atoms in total. The van der Waals surface area contributed by atoms with Gasteiger partial charge in [0.2, 0.25) is 8.32 Å². The molecule has 1 rings (SSSR count). The first kappa shape index (κ1) is 17.1. The number of hydrogen-bond donors (Lipinski definition) is 1. The van der Waals surface area contributed by atoms with Gasteiger partial charge in [-0.25, -0.2) is 0 Å². The van der Waals surface area contributed by atoms with Crippen LogP contribution in [-0.2, 0) is 9.16 Å². The van der Waals surface area contributed by atoms with E-state index < -0.39 is 14.6 Å². The molecule has 19 heavy (non-hydrogen) atoms. The normalized spacial score (nSPS) is 29.5. The molecule has 4 heteroatoms. The summed E-state index contributed by atoms with van der Waals surface area (Å²) in [4.78, 5) is 0. The maximum Gasteiger partial charge on any atom is 0.200 e. The highest BCUT2D eigenvalue weighted by Crippen LogP contribution is 2.44. The van der Waals surface area contributed by atoms with Gasteiger partial charge in [0.15, 0.2) is 6.29 Å². The molecular weight excluding hydrogens is 256 g/mol. The second-order valence-corrected chi connectivity index (χ2v) is 12.3. The quantitative estimate of drug-likeness (QED) is 0.775. The van der Waals surface area contributed by atoms with Crippen molar-refractivity contribution in [3.05, 3.63) is 0 Å². The van der Waals surface area contributed by atoms with E-state index >= 15 is 0 Å². The van der Waals surface area contributed by atoms with E-state index in [0.29, 0.717) is 23.0 Å². The maximum absolute atomic E-state index is 9.56. The van der Waals surface area contributed by atoms with Crippen LogP contribution >= 0.6 is 0 Å². The third kappa shape index (κ3) is 3.60. The highest BCUT2D eigenvalue weighted by atomic mass is 28.4. The highest BCUT2D eigenvalue weighted by Gasteiger charge is 2.48. The molecular formula is C15H32O3Si. The standard InChI is InChI=1S/C15H32O3Si/c1-10(2)19(11(3)4,12(5)6)18-14-8-9-15(16)17-13(14)7/h10-16H,8-9H2,1-7H3/t13-,14+,15-/m1/s1. The topological polar surface area (TPSA) is 38.7 Å². The Morgan fingerprint density at radius 2 is 1.47 bits per heavy atom. The Morgan fingerprint density at radius 1 is 1.00 bits per heavy atom. The van der Waals surface area contributed by atoms with E-state index in [2.05, 4.69) is 41.5 Å². The van der Waals surface area contributed by atoms with Crippen molar-refractivity contribution in [3.63, 3.8) is 0 Å². The minimum Gasteiger partial charge on any atom is -0.411 e. The van der Waals surface area contributed by atoms with Gasteiger partial charge in [-0.05, 0) is 30.0 Å². The van der Waals surface area contributed by atoms with Crippen LogP contribution in [0.2, 0.25) is 16.6 Å². The summed E-state index contributed by atoms with van der Waals surface area (Å²) in [6.07, 6.45) is 1.12. The second-order valence-electron chi connectivity index (χ2n) is 6.85. The lowest BCUT2D eigenvalue weighted by atomic mass is 10.1.